The van der Waals surface area contributed by atoms with E-state index >= 15 is 0 Å². The lowest BCUT2D eigenvalue weighted by atomic mass is 10.1. The minimum Gasteiger partial charge on any atom is -0.444 e. The third-order valence-electron chi connectivity index (χ3n) is 4.00. The molecule has 0 aliphatic carbocycles. The highest BCUT2D eigenvalue weighted by Crippen LogP contribution is 2.31. The second-order valence-electron chi connectivity index (χ2n) is 7.94. The van der Waals surface area contributed by atoms with E-state index < -0.39 is 41.3 Å². The van der Waals surface area contributed by atoms with Crippen molar-refractivity contribution in [3.8, 4) is 0 Å². The number of alkyl halides is 3. The van der Waals surface area contributed by atoms with Crippen molar-refractivity contribution in [2.24, 2.45) is 0 Å². The van der Waals surface area contributed by atoms with Gasteiger partial charge < -0.3 is 20.7 Å². The van der Waals surface area contributed by atoms with Crippen LogP contribution in [-0.4, -0.2) is 29.6 Å². The number of alkyl carbamates (subject to hydrolysis) is 1. The molecule has 0 radical (unpaired) electrons. The highest BCUT2D eigenvalue weighted by molar-refractivity contribution is 6.10. The molecule has 0 aliphatic rings. The van der Waals surface area contributed by atoms with Gasteiger partial charge in [-0.1, -0.05) is 18.2 Å². The molecule has 172 valence electrons. The Morgan fingerprint density at radius 3 is 2.22 bits per heavy atom. The molecule has 2 aromatic carbocycles. The number of benzene rings is 2. The Kier molecular flexibility index (Phi) is 7.50. The first-order chi connectivity index (χ1) is 14.8. The molecule has 7 nitrogen and oxygen atoms in total. The highest BCUT2D eigenvalue weighted by atomic mass is 19.4. The van der Waals surface area contributed by atoms with Crippen LogP contribution in [0.2, 0.25) is 0 Å². The maximum absolute atomic E-state index is 12.9. The first kappa shape index (κ1) is 24.7. The Morgan fingerprint density at radius 2 is 1.59 bits per heavy atom. The molecule has 0 saturated carbocycles. The Labute approximate surface area is 183 Å². The Bertz CT molecular complexity index is 1000. The summed E-state index contributed by atoms with van der Waals surface area (Å²) >= 11 is 0. The van der Waals surface area contributed by atoms with Crippen LogP contribution < -0.4 is 16.0 Å². The van der Waals surface area contributed by atoms with E-state index in [-0.39, 0.29) is 16.9 Å². The van der Waals surface area contributed by atoms with E-state index in [1.807, 2.05) is 0 Å². The summed E-state index contributed by atoms with van der Waals surface area (Å²) in [5.41, 5.74) is -1.54. The smallest absolute Gasteiger partial charge is 0.416 e. The summed E-state index contributed by atoms with van der Waals surface area (Å²) in [6.07, 6.45) is -5.33. The van der Waals surface area contributed by atoms with Crippen LogP contribution >= 0.6 is 0 Å². The molecule has 2 aromatic rings. The van der Waals surface area contributed by atoms with E-state index in [1.165, 1.54) is 31.2 Å². The van der Waals surface area contributed by atoms with Crippen molar-refractivity contribution in [2.75, 3.05) is 10.6 Å². The average molecular weight is 451 g/mol. The van der Waals surface area contributed by atoms with Crippen LogP contribution in [0.1, 0.15) is 43.6 Å². The normalized spacial score (nSPS) is 12.5. The van der Waals surface area contributed by atoms with Crippen molar-refractivity contribution < 1.29 is 32.3 Å². The topological polar surface area (TPSA) is 96.5 Å². The summed E-state index contributed by atoms with van der Waals surface area (Å²) in [6, 6.07) is 9.20. The fourth-order valence-electron chi connectivity index (χ4n) is 2.55. The van der Waals surface area contributed by atoms with Gasteiger partial charge in [0.15, 0.2) is 0 Å². The molecule has 2 rings (SSSR count). The second kappa shape index (κ2) is 9.71. The number of halogens is 3. The summed E-state index contributed by atoms with van der Waals surface area (Å²) in [7, 11) is 0. The zero-order chi connectivity index (χ0) is 24.1. The number of hydrogen-bond acceptors (Lipinski definition) is 4. The van der Waals surface area contributed by atoms with Gasteiger partial charge in [-0.15, -0.1) is 0 Å². The highest BCUT2D eigenvalue weighted by Gasteiger charge is 2.30. The number of carbonyl (C=O) groups excluding carboxylic acids is 3. The second-order valence-corrected chi connectivity index (χ2v) is 7.94. The number of amides is 3. The first-order valence-corrected chi connectivity index (χ1v) is 9.64. The Morgan fingerprint density at radius 1 is 0.938 bits per heavy atom. The van der Waals surface area contributed by atoms with Gasteiger partial charge in [0.05, 0.1) is 16.8 Å². The minimum absolute atomic E-state index is 0.0303. The minimum atomic E-state index is -4.55. The maximum Gasteiger partial charge on any atom is 0.416 e. The average Bonchev–Trinajstić information content (AvgIpc) is 2.66. The monoisotopic (exact) mass is 451 g/mol. The van der Waals surface area contributed by atoms with Crippen LogP contribution in [0.15, 0.2) is 48.5 Å². The molecule has 0 bridgehead atoms. The van der Waals surface area contributed by atoms with Gasteiger partial charge in [0.1, 0.15) is 11.6 Å². The summed E-state index contributed by atoms with van der Waals surface area (Å²) < 4.78 is 43.8. The quantitative estimate of drug-likeness (QED) is 0.608. The standard InChI is InChI=1S/C22H24F3N3O4/c1-13(26-20(31)32-21(2,3)4)18(29)28-17-11-6-5-10-16(17)19(30)27-15-9-7-8-14(12-15)22(23,24)25/h5-13H,1-4H3,(H,26,31)(H,27,30)(H,28,29)/t13-/m1/s1. The fourth-order valence-corrected chi connectivity index (χ4v) is 2.55. The molecule has 0 saturated heterocycles. The van der Waals surface area contributed by atoms with Gasteiger partial charge in [-0.05, 0) is 58.0 Å². The largest absolute Gasteiger partial charge is 0.444 e. The van der Waals surface area contributed by atoms with Crippen LogP contribution in [-0.2, 0) is 15.7 Å². The first-order valence-electron chi connectivity index (χ1n) is 9.64. The predicted octanol–water partition coefficient (Wildman–Crippen LogP) is 4.81. The summed E-state index contributed by atoms with van der Waals surface area (Å²) in [6.45, 7) is 6.47. The molecule has 3 N–H and O–H groups in total. The number of para-hydroxylation sites is 1. The van der Waals surface area contributed by atoms with E-state index in [9.17, 15) is 27.6 Å². The lowest BCUT2D eigenvalue weighted by Gasteiger charge is -2.22. The zero-order valence-electron chi connectivity index (χ0n) is 18.0. The van der Waals surface area contributed by atoms with Gasteiger partial charge in [0.2, 0.25) is 5.91 Å². The van der Waals surface area contributed by atoms with Crippen molar-refractivity contribution >= 4 is 29.3 Å². The van der Waals surface area contributed by atoms with Gasteiger partial charge in [0, 0.05) is 5.69 Å². The van der Waals surface area contributed by atoms with Crippen LogP contribution in [0.4, 0.5) is 29.3 Å². The molecule has 0 aliphatic heterocycles. The summed E-state index contributed by atoms with van der Waals surface area (Å²) in [5, 5.41) is 7.31. The van der Waals surface area contributed by atoms with Crippen molar-refractivity contribution in [3.05, 3.63) is 59.7 Å². The SMILES string of the molecule is C[C@@H](NC(=O)OC(C)(C)C)C(=O)Nc1ccccc1C(=O)Nc1cccc(C(F)(F)F)c1. The lowest BCUT2D eigenvalue weighted by Crippen LogP contribution is -2.44. The van der Waals surface area contributed by atoms with Crippen LogP contribution in [0, 0.1) is 0 Å². The molecule has 0 aromatic heterocycles. The van der Waals surface area contributed by atoms with E-state index in [1.54, 1.807) is 32.9 Å². The number of hydrogen-bond donors (Lipinski definition) is 3. The van der Waals surface area contributed by atoms with E-state index in [0.717, 1.165) is 12.1 Å². The van der Waals surface area contributed by atoms with Crippen LogP contribution in [0.25, 0.3) is 0 Å². The molecule has 0 spiro atoms. The number of rotatable bonds is 5. The van der Waals surface area contributed by atoms with Crippen molar-refractivity contribution in [1.82, 2.24) is 5.32 Å². The third kappa shape index (κ3) is 7.29. The van der Waals surface area contributed by atoms with Gasteiger partial charge in [-0.2, -0.15) is 13.2 Å². The summed E-state index contributed by atoms with van der Waals surface area (Å²) in [5.74, 6) is -1.33. The molecule has 0 unspecified atom stereocenters. The van der Waals surface area contributed by atoms with Gasteiger partial charge in [-0.25, -0.2) is 4.79 Å². The fraction of sp³-hybridized carbons (Fsp3) is 0.318. The molecule has 32 heavy (non-hydrogen) atoms. The van der Waals surface area contributed by atoms with E-state index in [0.29, 0.717) is 0 Å². The van der Waals surface area contributed by atoms with E-state index in [4.69, 9.17) is 4.74 Å². The van der Waals surface area contributed by atoms with E-state index in [2.05, 4.69) is 16.0 Å². The van der Waals surface area contributed by atoms with Crippen LogP contribution in [0.5, 0.6) is 0 Å². The third-order valence-corrected chi connectivity index (χ3v) is 4.00. The maximum atomic E-state index is 12.9. The lowest BCUT2D eigenvalue weighted by molar-refractivity contribution is -0.137. The molecule has 10 heteroatoms. The zero-order valence-corrected chi connectivity index (χ0v) is 18.0. The molecule has 1 atom stereocenters. The summed E-state index contributed by atoms with van der Waals surface area (Å²) in [4.78, 5) is 37.0. The molecular weight excluding hydrogens is 427 g/mol. The van der Waals surface area contributed by atoms with Crippen molar-refractivity contribution in [2.45, 2.75) is 45.5 Å². The predicted molar refractivity (Wildman–Crippen MR) is 113 cm³/mol. The van der Waals surface area contributed by atoms with Gasteiger partial charge >= 0.3 is 12.3 Å². The van der Waals surface area contributed by atoms with Gasteiger partial charge in [0.25, 0.3) is 5.91 Å². The van der Waals surface area contributed by atoms with Gasteiger partial charge in [-0.3, -0.25) is 9.59 Å². The Hall–Kier alpha value is -3.56. The molecule has 0 fully saturated rings. The number of ether oxygens (including phenoxy) is 1. The molecule has 3 amide bonds. The number of nitrogens with one attached hydrogen (secondary N) is 3. The molecular formula is C22H24F3N3O4. The number of anilines is 2. The number of carbonyl (C=O) groups is 3. The molecule has 0 heterocycles. The van der Waals surface area contributed by atoms with Crippen molar-refractivity contribution in [3.63, 3.8) is 0 Å². The Balaban J connectivity index is 2.11. The van der Waals surface area contributed by atoms with Crippen molar-refractivity contribution in [1.29, 1.82) is 0 Å². The van der Waals surface area contributed by atoms with Crippen LogP contribution in [0.3, 0.4) is 0 Å².